The van der Waals surface area contributed by atoms with E-state index in [0.717, 1.165) is 9.79 Å². The second-order valence-corrected chi connectivity index (χ2v) is 6.32. The maximum absolute atomic E-state index is 12.5. The molecule has 0 atom stereocenters. The van der Waals surface area contributed by atoms with Crippen molar-refractivity contribution in [3.8, 4) is 0 Å². The number of nitrogens with zero attached hydrogens (tertiary/aromatic N) is 2. The Kier molecular flexibility index (Phi) is 4.85. The molecule has 0 saturated carbocycles. The summed E-state index contributed by atoms with van der Waals surface area (Å²) in [6, 6.07) is 17.2. The van der Waals surface area contributed by atoms with Crippen LogP contribution in [0.25, 0.3) is 0 Å². The molecule has 0 fully saturated rings. The summed E-state index contributed by atoms with van der Waals surface area (Å²) < 4.78 is 1.17. The SMILES string of the molecule is Cn1ncc(C(=O)Nc2ccccc2Sc2ccccc2)c1C(=O)O. The zero-order valence-corrected chi connectivity index (χ0v) is 14.2. The minimum atomic E-state index is -1.20. The number of aryl methyl sites for hydroxylation is 1. The van der Waals surface area contributed by atoms with Gasteiger partial charge in [-0.2, -0.15) is 5.10 Å². The van der Waals surface area contributed by atoms with E-state index in [1.165, 1.54) is 29.7 Å². The summed E-state index contributed by atoms with van der Waals surface area (Å²) in [5, 5.41) is 15.9. The van der Waals surface area contributed by atoms with Gasteiger partial charge >= 0.3 is 5.97 Å². The van der Waals surface area contributed by atoms with Gasteiger partial charge < -0.3 is 10.4 Å². The summed E-state index contributed by atoms with van der Waals surface area (Å²) in [6.45, 7) is 0. The number of hydrogen-bond acceptors (Lipinski definition) is 4. The number of carbonyl (C=O) groups is 2. The normalized spacial score (nSPS) is 10.4. The number of amides is 1. The lowest BCUT2D eigenvalue weighted by atomic mass is 10.2. The molecule has 0 saturated heterocycles. The number of carbonyl (C=O) groups excluding carboxylic acids is 1. The lowest BCUT2D eigenvalue weighted by Gasteiger charge is -2.10. The fourth-order valence-electron chi connectivity index (χ4n) is 2.32. The maximum Gasteiger partial charge on any atom is 0.354 e. The van der Waals surface area contributed by atoms with Crippen molar-refractivity contribution in [2.24, 2.45) is 7.05 Å². The molecule has 0 aliphatic carbocycles. The fourth-order valence-corrected chi connectivity index (χ4v) is 3.24. The first-order valence-electron chi connectivity index (χ1n) is 7.45. The first kappa shape index (κ1) is 16.8. The number of nitrogens with one attached hydrogen (secondary N) is 1. The molecule has 3 aromatic rings. The molecule has 3 rings (SSSR count). The first-order chi connectivity index (χ1) is 12.1. The van der Waals surface area contributed by atoms with Crippen molar-refractivity contribution in [1.82, 2.24) is 9.78 Å². The van der Waals surface area contributed by atoms with Gasteiger partial charge in [0, 0.05) is 16.8 Å². The zero-order valence-electron chi connectivity index (χ0n) is 13.3. The molecule has 6 nitrogen and oxygen atoms in total. The van der Waals surface area contributed by atoms with Crippen LogP contribution in [-0.4, -0.2) is 26.8 Å². The van der Waals surface area contributed by atoms with Crippen LogP contribution in [0.3, 0.4) is 0 Å². The van der Waals surface area contributed by atoms with Crippen molar-refractivity contribution >= 4 is 29.3 Å². The quantitative estimate of drug-likeness (QED) is 0.733. The minimum Gasteiger partial charge on any atom is -0.477 e. The molecule has 2 aromatic carbocycles. The molecule has 0 bridgehead atoms. The molecule has 7 heteroatoms. The topological polar surface area (TPSA) is 84.2 Å². The Morgan fingerprint density at radius 1 is 1.08 bits per heavy atom. The molecule has 0 radical (unpaired) electrons. The molecular weight excluding hydrogens is 338 g/mol. The number of carboxylic acid groups (broad SMARTS) is 1. The van der Waals surface area contributed by atoms with E-state index in [1.54, 1.807) is 6.07 Å². The highest BCUT2D eigenvalue weighted by molar-refractivity contribution is 7.99. The van der Waals surface area contributed by atoms with Gasteiger partial charge in [-0.1, -0.05) is 42.1 Å². The van der Waals surface area contributed by atoms with Gasteiger partial charge in [-0.15, -0.1) is 0 Å². The van der Waals surface area contributed by atoms with Gasteiger partial charge in [-0.3, -0.25) is 9.48 Å². The van der Waals surface area contributed by atoms with E-state index < -0.39 is 11.9 Å². The van der Waals surface area contributed by atoms with E-state index in [0.29, 0.717) is 5.69 Å². The third-order valence-electron chi connectivity index (χ3n) is 3.49. The fraction of sp³-hybridized carbons (Fsp3) is 0.0556. The highest BCUT2D eigenvalue weighted by Crippen LogP contribution is 2.33. The third-order valence-corrected chi connectivity index (χ3v) is 4.58. The molecule has 0 aliphatic rings. The van der Waals surface area contributed by atoms with E-state index in [2.05, 4.69) is 10.4 Å². The van der Waals surface area contributed by atoms with Gasteiger partial charge in [0.1, 0.15) is 0 Å². The van der Waals surface area contributed by atoms with Crippen molar-refractivity contribution in [1.29, 1.82) is 0 Å². The number of aromatic carboxylic acids is 1. The van der Waals surface area contributed by atoms with Crippen LogP contribution in [0.15, 0.2) is 70.6 Å². The second-order valence-electron chi connectivity index (χ2n) is 5.20. The van der Waals surface area contributed by atoms with E-state index in [9.17, 15) is 14.7 Å². The largest absolute Gasteiger partial charge is 0.477 e. The Morgan fingerprint density at radius 2 is 1.76 bits per heavy atom. The van der Waals surface area contributed by atoms with Gasteiger partial charge in [-0.25, -0.2) is 4.79 Å². The van der Waals surface area contributed by atoms with E-state index in [-0.39, 0.29) is 11.3 Å². The second kappa shape index (κ2) is 7.23. The van der Waals surface area contributed by atoms with Gasteiger partial charge in [0.15, 0.2) is 5.69 Å². The van der Waals surface area contributed by atoms with Crippen LogP contribution < -0.4 is 5.32 Å². The monoisotopic (exact) mass is 353 g/mol. The molecule has 1 amide bonds. The number of carboxylic acids is 1. The lowest BCUT2D eigenvalue weighted by Crippen LogP contribution is -2.17. The Hall–Kier alpha value is -3.06. The smallest absolute Gasteiger partial charge is 0.354 e. The van der Waals surface area contributed by atoms with Crippen LogP contribution in [0.2, 0.25) is 0 Å². The van der Waals surface area contributed by atoms with Crippen molar-refractivity contribution in [2.45, 2.75) is 9.79 Å². The molecular formula is C18H15N3O3S. The Labute approximate surface area is 148 Å². The number of rotatable bonds is 5. The maximum atomic E-state index is 12.5. The average Bonchev–Trinajstić information content (AvgIpc) is 2.99. The Morgan fingerprint density at radius 3 is 2.48 bits per heavy atom. The van der Waals surface area contributed by atoms with Gasteiger partial charge in [0.05, 0.1) is 17.4 Å². The molecule has 1 heterocycles. The van der Waals surface area contributed by atoms with Crippen LogP contribution in [0.4, 0.5) is 5.69 Å². The predicted molar refractivity (Wildman–Crippen MR) is 95.1 cm³/mol. The van der Waals surface area contributed by atoms with Gasteiger partial charge in [-0.05, 0) is 24.3 Å². The standard InChI is InChI=1S/C18H15N3O3S/c1-21-16(18(23)24)13(11-19-21)17(22)20-14-9-5-6-10-15(14)25-12-7-3-2-4-8-12/h2-11H,1H3,(H,20,22)(H,23,24). The van der Waals surface area contributed by atoms with E-state index >= 15 is 0 Å². The Balaban J connectivity index is 1.86. The van der Waals surface area contributed by atoms with Crippen molar-refractivity contribution in [3.63, 3.8) is 0 Å². The minimum absolute atomic E-state index is 0.0227. The highest BCUT2D eigenvalue weighted by Gasteiger charge is 2.22. The van der Waals surface area contributed by atoms with Gasteiger partial charge in [0.25, 0.3) is 5.91 Å². The summed E-state index contributed by atoms with van der Waals surface area (Å²) in [5.74, 6) is -1.70. The summed E-state index contributed by atoms with van der Waals surface area (Å²) in [7, 11) is 1.49. The van der Waals surface area contributed by atoms with Crippen molar-refractivity contribution in [2.75, 3.05) is 5.32 Å². The van der Waals surface area contributed by atoms with Crippen molar-refractivity contribution < 1.29 is 14.7 Å². The average molecular weight is 353 g/mol. The molecule has 0 aliphatic heterocycles. The number of para-hydroxylation sites is 1. The number of benzene rings is 2. The lowest BCUT2D eigenvalue weighted by molar-refractivity contribution is 0.0680. The molecule has 126 valence electrons. The Bertz CT molecular complexity index is 922. The first-order valence-corrected chi connectivity index (χ1v) is 8.26. The van der Waals surface area contributed by atoms with Crippen LogP contribution in [0, 0.1) is 0 Å². The predicted octanol–water partition coefficient (Wildman–Crippen LogP) is 3.52. The zero-order chi connectivity index (χ0) is 17.8. The highest BCUT2D eigenvalue weighted by atomic mass is 32.2. The van der Waals surface area contributed by atoms with E-state index in [4.69, 9.17) is 0 Å². The molecule has 25 heavy (non-hydrogen) atoms. The van der Waals surface area contributed by atoms with E-state index in [1.807, 2.05) is 48.5 Å². The van der Waals surface area contributed by atoms with Crippen LogP contribution in [0.1, 0.15) is 20.8 Å². The molecule has 0 unspecified atom stereocenters. The summed E-state index contributed by atoms with van der Waals surface area (Å²) in [4.78, 5) is 25.7. The van der Waals surface area contributed by atoms with Gasteiger partial charge in [0.2, 0.25) is 0 Å². The van der Waals surface area contributed by atoms with Crippen LogP contribution in [-0.2, 0) is 7.05 Å². The number of anilines is 1. The van der Waals surface area contributed by atoms with Crippen LogP contribution >= 0.6 is 11.8 Å². The number of aromatic nitrogens is 2. The third kappa shape index (κ3) is 3.72. The van der Waals surface area contributed by atoms with Crippen LogP contribution in [0.5, 0.6) is 0 Å². The molecule has 1 aromatic heterocycles. The van der Waals surface area contributed by atoms with Crippen molar-refractivity contribution in [3.05, 3.63) is 72.1 Å². The summed E-state index contributed by atoms with van der Waals surface area (Å²) in [5.41, 5.74) is 0.488. The molecule has 0 spiro atoms. The summed E-state index contributed by atoms with van der Waals surface area (Å²) >= 11 is 1.52. The number of hydrogen-bond donors (Lipinski definition) is 2. The molecule has 2 N–H and O–H groups in total. The summed E-state index contributed by atoms with van der Waals surface area (Å²) in [6.07, 6.45) is 1.26.